The van der Waals surface area contributed by atoms with Crippen LogP contribution in [-0.4, -0.2) is 5.11 Å². The van der Waals surface area contributed by atoms with E-state index in [1.54, 1.807) is 18.2 Å². The van der Waals surface area contributed by atoms with E-state index >= 15 is 0 Å². The van der Waals surface area contributed by atoms with Crippen molar-refractivity contribution in [1.82, 2.24) is 0 Å². The molecule has 19 heavy (non-hydrogen) atoms. The molecular formula is C16H16N2O. The second-order valence-electron chi connectivity index (χ2n) is 4.50. The molecule has 0 fully saturated rings. The van der Waals surface area contributed by atoms with Crippen LogP contribution >= 0.6 is 0 Å². The van der Waals surface area contributed by atoms with Crippen LogP contribution in [0, 0.1) is 17.2 Å². The topological polar surface area (TPSA) is 56.0 Å². The Kier molecular flexibility index (Phi) is 4.04. The lowest BCUT2D eigenvalue weighted by atomic mass is 9.95. The van der Waals surface area contributed by atoms with E-state index in [2.05, 4.69) is 11.4 Å². The van der Waals surface area contributed by atoms with Crippen molar-refractivity contribution in [3.8, 4) is 11.8 Å². The molecule has 0 radical (unpaired) electrons. The summed E-state index contributed by atoms with van der Waals surface area (Å²) < 4.78 is 0. The predicted molar refractivity (Wildman–Crippen MR) is 75.7 cm³/mol. The third kappa shape index (κ3) is 3.26. The maximum absolute atomic E-state index is 9.49. The predicted octanol–water partition coefficient (Wildman–Crippen LogP) is 3.71. The molecule has 0 spiro atoms. The van der Waals surface area contributed by atoms with Crippen molar-refractivity contribution in [3.63, 3.8) is 0 Å². The standard InChI is InChI=1S/C16H16N2O/c1-12(11-17)16(13-6-3-2-4-7-13)18-14-8-5-9-15(19)10-14/h2-10,12,16,18-19H,1H3. The summed E-state index contributed by atoms with van der Waals surface area (Å²) in [6.07, 6.45) is 0. The lowest BCUT2D eigenvalue weighted by Gasteiger charge is -2.22. The first-order chi connectivity index (χ1) is 9.20. The molecule has 0 aliphatic heterocycles. The number of phenols is 1. The van der Waals surface area contributed by atoms with Gasteiger partial charge in [-0.2, -0.15) is 5.26 Å². The fraction of sp³-hybridized carbons (Fsp3) is 0.188. The van der Waals surface area contributed by atoms with Gasteiger partial charge in [-0.05, 0) is 24.6 Å². The number of rotatable bonds is 4. The summed E-state index contributed by atoms with van der Waals surface area (Å²) in [6.45, 7) is 1.88. The Labute approximate surface area is 113 Å². The van der Waals surface area contributed by atoms with Gasteiger partial charge in [0.15, 0.2) is 0 Å². The van der Waals surface area contributed by atoms with E-state index in [-0.39, 0.29) is 17.7 Å². The Morgan fingerprint density at radius 1 is 1.11 bits per heavy atom. The molecule has 0 saturated heterocycles. The smallest absolute Gasteiger partial charge is 0.117 e. The second-order valence-corrected chi connectivity index (χ2v) is 4.50. The highest BCUT2D eigenvalue weighted by Crippen LogP contribution is 2.27. The van der Waals surface area contributed by atoms with Gasteiger partial charge in [-0.3, -0.25) is 0 Å². The number of phenolic OH excluding ortho intramolecular Hbond substituents is 1. The van der Waals surface area contributed by atoms with E-state index in [0.29, 0.717) is 0 Å². The van der Waals surface area contributed by atoms with Crippen LogP contribution in [0.4, 0.5) is 5.69 Å². The molecule has 96 valence electrons. The summed E-state index contributed by atoms with van der Waals surface area (Å²) in [5.41, 5.74) is 1.86. The molecule has 0 amide bonds. The summed E-state index contributed by atoms with van der Waals surface area (Å²) in [7, 11) is 0. The number of benzene rings is 2. The van der Waals surface area contributed by atoms with Gasteiger partial charge in [-0.15, -0.1) is 0 Å². The fourth-order valence-electron chi connectivity index (χ4n) is 2.01. The maximum atomic E-state index is 9.49. The average molecular weight is 252 g/mol. The van der Waals surface area contributed by atoms with Crippen molar-refractivity contribution in [2.24, 2.45) is 5.92 Å². The van der Waals surface area contributed by atoms with Crippen LogP contribution in [0.2, 0.25) is 0 Å². The molecule has 2 rings (SSSR count). The van der Waals surface area contributed by atoms with E-state index < -0.39 is 0 Å². The van der Waals surface area contributed by atoms with Gasteiger partial charge in [0, 0.05) is 11.8 Å². The van der Waals surface area contributed by atoms with Crippen LogP contribution in [0.3, 0.4) is 0 Å². The number of anilines is 1. The lowest BCUT2D eigenvalue weighted by molar-refractivity contribution is 0.475. The number of nitrogens with zero attached hydrogens (tertiary/aromatic N) is 1. The molecule has 3 heteroatoms. The van der Waals surface area contributed by atoms with Crippen molar-refractivity contribution < 1.29 is 5.11 Å². The second kappa shape index (κ2) is 5.92. The molecule has 2 N–H and O–H groups in total. The quantitative estimate of drug-likeness (QED) is 0.872. The molecule has 3 nitrogen and oxygen atoms in total. The van der Waals surface area contributed by atoms with Crippen LogP contribution in [-0.2, 0) is 0 Å². The summed E-state index contributed by atoms with van der Waals surface area (Å²) in [4.78, 5) is 0. The first-order valence-corrected chi connectivity index (χ1v) is 6.21. The van der Waals surface area contributed by atoms with Gasteiger partial charge < -0.3 is 10.4 Å². The Bertz CT molecular complexity index is 575. The summed E-state index contributed by atoms with van der Waals surface area (Å²) >= 11 is 0. The van der Waals surface area contributed by atoms with Gasteiger partial charge in [0.25, 0.3) is 0 Å². The van der Waals surface area contributed by atoms with E-state index in [1.165, 1.54) is 0 Å². The molecule has 2 aromatic rings. The van der Waals surface area contributed by atoms with Crippen LogP contribution in [0.25, 0.3) is 0 Å². The fourth-order valence-corrected chi connectivity index (χ4v) is 2.01. The minimum absolute atomic E-state index is 0.104. The molecule has 0 aromatic heterocycles. The van der Waals surface area contributed by atoms with Crippen molar-refractivity contribution in [2.75, 3.05) is 5.32 Å². The first kappa shape index (κ1) is 13.0. The van der Waals surface area contributed by atoms with Gasteiger partial charge in [0.1, 0.15) is 5.75 Å². The largest absolute Gasteiger partial charge is 0.508 e. The highest BCUT2D eigenvalue weighted by atomic mass is 16.3. The van der Waals surface area contributed by atoms with Crippen molar-refractivity contribution in [1.29, 1.82) is 5.26 Å². The monoisotopic (exact) mass is 252 g/mol. The first-order valence-electron chi connectivity index (χ1n) is 6.21. The number of nitrogens with one attached hydrogen (secondary N) is 1. The summed E-state index contributed by atoms with van der Waals surface area (Å²) in [6, 6.07) is 18.9. The zero-order valence-corrected chi connectivity index (χ0v) is 10.7. The molecule has 2 unspecified atom stereocenters. The molecule has 2 atom stereocenters. The molecule has 2 aromatic carbocycles. The molecular weight excluding hydrogens is 236 g/mol. The van der Waals surface area contributed by atoms with E-state index in [9.17, 15) is 5.11 Å². The molecule has 0 aliphatic carbocycles. The van der Waals surface area contributed by atoms with Gasteiger partial charge in [-0.25, -0.2) is 0 Å². The third-order valence-electron chi connectivity index (χ3n) is 3.03. The van der Waals surface area contributed by atoms with Crippen molar-refractivity contribution in [3.05, 3.63) is 60.2 Å². The molecule has 0 heterocycles. The Balaban J connectivity index is 2.27. The zero-order valence-electron chi connectivity index (χ0n) is 10.7. The lowest BCUT2D eigenvalue weighted by Crippen LogP contribution is -2.17. The van der Waals surface area contributed by atoms with E-state index in [4.69, 9.17) is 5.26 Å². The number of nitriles is 1. The number of hydrogen-bond donors (Lipinski definition) is 2. The molecule has 0 saturated carbocycles. The summed E-state index contributed by atoms with van der Waals surface area (Å²) in [5.74, 6) is 0.0335. The average Bonchev–Trinajstić information content (AvgIpc) is 2.45. The van der Waals surface area contributed by atoms with Crippen LogP contribution < -0.4 is 5.32 Å². The molecule has 0 bridgehead atoms. The third-order valence-corrected chi connectivity index (χ3v) is 3.03. The van der Waals surface area contributed by atoms with Crippen molar-refractivity contribution in [2.45, 2.75) is 13.0 Å². The SMILES string of the molecule is CC(C#N)C(Nc1cccc(O)c1)c1ccccc1. The number of aromatic hydroxyl groups is 1. The summed E-state index contributed by atoms with van der Waals surface area (Å²) in [5, 5.41) is 22.0. The van der Waals surface area contributed by atoms with Gasteiger partial charge >= 0.3 is 0 Å². The Hall–Kier alpha value is -2.47. The van der Waals surface area contributed by atoms with Gasteiger partial charge in [0.05, 0.1) is 18.0 Å². The van der Waals surface area contributed by atoms with Crippen LogP contribution in [0.5, 0.6) is 5.75 Å². The maximum Gasteiger partial charge on any atom is 0.117 e. The minimum Gasteiger partial charge on any atom is -0.508 e. The normalized spacial score (nSPS) is 13.3. The molecule has 0 aliphatic rings. The van der Waals surface area contributed by atoms with Crippen LogP contribution in [0.15, 0.2) is 54.6 Å². The van der Waals surface area contributed by atoms with Gasteiger partial charge in [-0.1, -0.05) is 36.4 Å². The van der Waals surface area contributed by atoms with E-state index in [0.717, 1.165) is 11.3 Å². The Morgan fingerprint density at radius 3 is 2.47 bits per heavy atom. The minimum atomic E-state index is -0.176. The van der Waals surface area contributed by atoms with E-state index in [1.807, 2.05) is 43.3 Å². The number of hydrogen-bond acceptors (Lipinski definition) is 3. The highest BCUT2D eigenvalue weighted by Gasteiger charge is 2.18. The zero-order chi connectivity index (χ0) is 13.7. The van der Waals surface area contributed by atoms with Crippen molar-refractivity contribution >= 4 is 5.69 Å². The van der Waals surface area contributed by atoms with Crippen LogP contribution in [0.1, 0.15) is 18.5 Å². The Morgan fingerprint density at radius 2 is 1.84 bits per heavy atom. The van der Waals surface area contributed by atoms with Gasteiger partial charge in [0.2, 0.25) is 0 Å². The highest BCUT2D eigenvalue weighted by molar-refractivity contribution is 5.50.